The van der Waals surface area contributed by atoms with Crippen molar-refractivity contribution >= 4 is 17.5 Å². The summed E-state index contributed by atoms with van der Waals surface area (Å²) in [5.74, 6) is 0.0983. The third kappa shape index (κ3) is 4.85. The van der Waals surface area contributed by atoms with Crippen molar-refractivity contribution in [3.63, 3.8) is 0 Å². The average Bonchev–Trinajstić information content (AvgIpc) is 2.58. The van der Waals surface area contributed by atoms with E-state index in [4.69, 9.17) is 0 Å². The minimum absolute atomic E-state index is 0.0213. The van der Waals surface area contributed by atoms with Gasteiger partial charge in [-0.15, -0.1) is 6.58 Å². The third-order valence-corrected chi connectivity index (χ3v) is 4.39. The molecule has 0 aromatic heterocycles. The van der Waals surface area contributed by atoms with E-state index in [0.717, 1.165) is 26.2 Å². The first-order chi connectivity index (χ1) is 11.5. The van der Waals surface area contributed by atoms with Crippen molar-refractivity contribution in [2.75, 3.05) is 44.2 Å². The monoisotopic (exact) mass is 329 g/mol. The molecule has 0 N–H and O–H groups in total. The molecule has 1 saturated heterocycles. The molecule has 2 rings (SSSR count). The van der Waals surface area contributed by atoms with E-state index in [0.29, 0.717) is 19.5 Å². The Labute approximate surface area is 144 Å². The quantitative estimate of drug-likeness (QED) is 0.751. The standard InChI is InChI=1S/C19H27N3O2/c1-4-9-20(17(3)23)10-8-19(24)22-13-11-21(12-14-22)18-7-5-6-16(2)15-18/h4-7,15H,1,8-14H2,2-3H3. The number of benzene rings is 1. The summed E-state index contributed by atoms with van der Waals surface area (Å²) >= 11 is 0. The van der Waals surface area contributed by atoms with Crippen LogP contribution in [-0.4, -0.2) is 60.9 Å². The lowest BCUT2D eigenvalue weighted by Gasteiger charge is -2.36. The molecule has 1 heterocycles. The first-order valence-corrected chi connectivity index (χ1v) is 8.47. The molecule has 1 aliphatic heterocycles. The summed E-state index contributed by atoms with van der Waals surface area (Å²) in [6.07, 6.45) is 2.06. The summed E-state index contributed by atoms with van der Waals surface area (Å²) in [5, 5.41) is 0. The summed E-state index contributed by atoms with van der Waals surface area (Å²) in [6, 6.07) is 8.45. The van der Waals surface area contributed by atoms with Crippen molar-refractivity contribution in [2.24, 2.45) is 0 Å². The Hall–Kier alpha value is -2.30. The van der Waals surface area contributed by atoms with Gasteiger partial charge in [-0.2, -0.15) is 0 Å². The zero-order valence-corrected chi connectivity index (χ0v) is 14.7. The van der Waals surface area contributed by atoms with Crippen molar-refractivity contribution in [3.05, 3.63) is 42.5 Å². The number of carbonyl (C=O) groups is 2. The van der Waals surface area contributed by atoms with E-state index < -0.39 is 0 Å². The highest BCUT2D eigenvalue weighted by Crippen LogP contribution is 2.18. The van der Waals surface area contributed by atoms with Crippen LogP contribution in [0, 0.1) is 6.92 Å². The number of nitrogens with zero attached hydrogens (tertiary/aromatic N) is 3. The maximum absolute atomic E-state index is 12.4. The van der Waals surface area contributed by atoms with Crippen LogP contribution in [0.1, 0.15) is 18.9 Å². The minimum atomic E-state index is -0.0213. The number of rotatable bonds is 6. The Kier molecular flexibility index (Phi) is 6.41. The Morgan fingerprint density at radius 2 is 1.96 bits per heavy atom. The molecule has 0 bridgehead atoms. The summed E-state index contributed by atoms with van der Waals surface area (Å²) in [4.78, 5) is 29.7. The van der Waals surface area contributed by atoms with Gasteiger partial charge < -0.3 is 14.7 Å². The Morgan fingerprint density at radius 1 is 1.25 bits per heavy atom. The van der Waals surface area contributed by atoms with Crippen molar-refractivity contribution in [1.29, 1.82) is 0 Å². The minimum Gasteiger partial charge on any atom is -0.368 e. The zero-order chi connectivity index (χ0) is 17.5. The van der Waals surface area contributed by atoms with Gasteiger partial charge in [0.2, 0.25) is 11.8 Å². The highest BCUT2D eigenvalue weighted by Gasteiger charge is 2.21. The number of amides is 2. The van der Waals surface area contributed by atoms with Crippen LogP contribution in [0.15, 0.2) is 36.9 Å². The van der Waals surface area contributed by atoms with Crippen LogP contribution in [0.2, 0.25) is 0 Å². The van der Waals surface area contributed by atoms with Crippen LogP contribution in [0.3, 0.4) is 0 Å². The van der Waals surface area contributed by atoms with Crippen LogP contribution in [0.4, 0.5) is 5.69 Å². The smallest absolute Gasteiger partial charge is 0.224 e. The van der Waals surface area contributed by atoms with Gasteiger partial charge in [0.15, 0.2) is 0 Å². The normalized spacial score (nSPS) is 14.4. The van der Waals surface area contributed by atoms with Crippen molar-refractivity contribution in [1.82, 2.24) is 9.80 Å². The van der Waals surface area contributed by atoms with Gasteiger partial charge in [0.05, 0.1) is 0 Å². The second-order valence-electron chi connectivity index (χ2n) is 6.21. The SMILES string of the molecule is C=CCN(CCC(=O)N1CCN(c2cccc(C)c2)CC1)C(C)=O. The third-order valence-electron chi connectivity index (χ3n) is 4.39. The van der Waals surface area contributed by atoms with E-state index in [1.165, 1.54) is 18.2 Å². The van der Waals surface area contributed by atoms with Gasteiger partial charge in [0, 0.05) is 58.3 Å². The lowest BCUT2D eigenvalue weighted by atomic mass is 10.2. The molecule has 24 heavy (non-hydrogen) atoms. The molecule has 0 atom stereocenters. The number of aryl methyl sites for hydroxylation is 1. The molecule has 0 radical (unpaired) electrons. The van der Waals surface area contributed by atoms with Gasteiger partial charge in [-0.05, 0) is 24.6 Å². The van der Waals surface area contributed by atoms with Crippen LogP contribution >= 0.6 is 0 Å². The maximum atomic E-state index is 12.4. The molecule has 1 aromatic rings. The number of carbonyl (C=O) groups excluding carboxylic acids is 2. The first-order valence-electron chi connectivity index (χ1n) is 8.47. The number of hydrogen-bond donors (Lipinski definition) is 0. The van der Waals surface area contributed by atoms with Crippen molar-refractivity contribution in [3.8, 4) is 0 Å². The number of piperazine rings is 1. The van der Waals surface area contributed by atoms with Crippen LogP contribution < -0.4 is 4.90 Å². The second kappa shape index (κ2) is 8.52. The van der Waals surface area contributed by atoms with Gasteiger partial charge in [-0.25, -0.2) is 0 Å². The maximum Gasteiger partial charge on any atom is 0.224 e. The number of anilines is 1. The molecule has 5 heteroatoms. The van der Waals surface area contributed by atoms with Crippen LogP contribution in [0.25, 0.3) is 0 Å². The van der Waals surface area contributed by atoms with Crippen LogP contribution in [0.5, 0.6) is 0 Å². The second-order valence-corrected chi connectivity index (χ2v) is 6.21. The van der Waals surface area contributed by atoms with E-state index in [2.05, 4.69) is 42.7 Å². The highest BCUT2D eigenvalue weighted by molar-refractivity contribution is 5.78. The lowest BCUT2D eigenvalue weighted by molar-refractivity contribution is -0.133. The van der Waals surface area contributed by atoms with Gasteiger partial charge in [0.25, 0.3) is 0 Å². The molecule has 1 fully saturated rings. The fourth-order valence-electron chi connectivity index (χ4n) is 2.96. The molecular weight excluding hydrogens is 302 g/mol. The molecule has 2 amide bonds. The predicted molar refractivity (Wildman–Crippen MR) is 97.0 cm³/mol. The summed E-state index contributed by atoms with van der Waals surface area (Å²) in [5.41, 5.74) is 2.47. The lowest BCUT2D eigenvalue weighted by Crippen LogP contribution is -2.49. The van der Waals surface area contributed by atoms with E-state index in [-0.39, 0.29) is 11.8 Å². The molecule has 1 aromatic carbocycles. The average molecular weight is 329 g/mol. The molecule has 1 aliphatic rings. The largest absolute Gasteiger partial charge is 0.368 e. The van der Waals surface area contributed by atoms with Gasteiger partial charge in [-0.1, -0.05) is 18.2 Å². The Bertz CT molecular complexity index is 592. The van der Waals surface area contributed by atoms with Crippen molar-refractivity contribution in [2.45, 2.75) is 20.3 Å². The van der Waals surface area contributed by atoms with Gasteiger partial charge >= 0.3 is 0 Å². The van der Waals surface area contributed by atoms with Crippen LogP contribution in [-0.2, 0) is 9.59 Å². The molecule has 0 aliphatic carbocycles. The van der Waals surface area contributed by atoms with Gasteiger partial charge in [0.1, 0.15) is 0 Å². The zero-order valence-electron chi connectivity index (χ0n) is 14.7. The summed E-state index contributed by atoms with van der Waals surface area (Å²) < 4.78 is 0. The van der Waals surface area contributed by atoms with Crippen molar-refractivity contribution < 1.29 is 9.59 Å². The number of hydrogen-bond acceptors (Lipinski definition) is 3. The van der Waals surface area contributed by atoms with E-state index in [1.54, 1.807) is 11.0 Å². The highest BCUT2D eigenvalue weighted by atomic mass is 16.2. The van der Waals surface area contributed by atoms with E-state index in [1.807, 2.05) is 4.90 Å². The van der Waals surface area contributed by atoms with Gasteiger partial charge in [-0.3, -0.25) is 9.59 Å². The fourth-order valence-corrected chi connectivity index (χ4v) is 2.96. The van der Waals surface area contributed by atoms with E-state index in [9.17, 15) is 9.59 Å². The fraction of sp³-hybridized carbons (Fsp3) is 0.474. The molecule has 130 valence electrons. The molecular formula is C19H27N3O2. The Balaban J connectivity index is 1.82. The van der Waals surface area contributed by atoms with E-state index >= 15 is 0 Å². The topological polar surface area (TPSA) is 43.9 Å². The molecule has 0 saturated carbocycles. The Morgan fingerprint density at radius 3 is 2.54 bits per heavy atom. The first kappa shape index (κ1) is 18.0. The summed E-state index contributed by atoms with van der Waals surface area (Å²) in [7, 11) is 0. The molecule has 5 nitrogen and oxygen atoms in total. The molecule has 0 spiro atoms. The molecule has 0 unspecified atom stereocenters. The predicted octanol–water partition coefficient (Wildman–Crippen LogP) is 2.07. The summed E-state index contributed by atoms with van der Waals surface area (Å²) in [6.45, 7) is 11.4.